The molecule has 3 rings (SSSR count). The summed E-state index contributed by atoms with van der Waals surface area (Å²) in [5, 5.41) is 2.98. The molecule has 2 heterocycles. The molecule has 0 saturated heterocycles. The Hall–Kier alpha value is -3.48. The highest BCUT2D eigenvalue weighted by Gasteiger charge is 2.07. The second-order valence-electron chi connectivity index (χ2n) is 5.32. The zero-order valence-corrected chi connectivity index (χ0v) is 13.3. The maximum atomic E-state index is 12.3. The predicted octanol–water partition coefficient (Wildman–Crippen LogP) is 0.914. The summed E-state index contributed by atoms with van der Waals surface area (Å²) < 4.78 is 1.05. The van der Waals surface area contributed by atoms with Gasteiger partial charge in [-0.1, -0.05) is 30.3 Å². The third kappa shape index (κ3) is 3.89. The van der Waals surface area contributed by atoms with Gasteiger partial charge in [0.2, 0.25) is 5.91 Å². The Balaban J connectivity index is 1.65. The molecule has 126 valence electrons. The van der Waals surface area contributed by atoms with Gasteiger partial charge in [-0.25, -0.2) is 9.78 Å². The highest BCUT2D eigenvalue weighted by Crippen LogP contribution is 2.00. The minimum Gasteiger partial charge on any atom is -0.351 e. The topological polar surface area (TPSA) is 96.8 Å². The number of pyridine rings is 1. The molecule has 7 nitrogen and oxygen atoms in total. The molecule has 0 bridgehead atoms. The van der Waals surface area contributed by atoms with E-state index in [1.807, 2.05) is 30.3 Å². The van der Waals surface area contributed by atoms with Crippen LogP contribution in [0.1, 0.15) is 5.56 Å². The van der Waals surface area contributed by atoms with E-state index in [2.05, 4.69) is 15.3 Å². The fraction of sp³-hybridized carbons (Fsp3) is 0.111. The maximum Gasteiger partial charge on any atom is 0.330 e. The molecule has 1 aromatic carbocycles. The van der Waals surface area contributed by atoms with E-state index in [9.17, 15) is 14.4 Å². The molecule has 25 heavy (non-hydrogen) atoms. The first kappa shape index (κ1) is 16.4. The van der Waals surface area contributed by atoms with Gasteiger partial charge in [0.1, 0.15) is 5.65 Å². The van der Waals surface area contributed by atoms with Crippen LogP contribution < -0.4 is 16.6 Å². The third-order valence-corrected chi connectivity index (χ3v) is 3.62. The molecule has 0 aliphatic rings. The smallest absolute Gasteiger partial charge is 0.330 e. The van der Waals surface area contributed by atoms with Gasteiger partial charge in [0.05, 0.1) is 5.39 Å². The first-order chi connectivity index (χ1) is 12.1. The number of carbonyl (C=O) groups excluding carboxylic acids is 1. The second kappa shape index (κ2) is 7.39. The highest BCUT2D eigenvalue weighted by molar-refractivity contribution is 5.91. The lowest BCUT2D eigenvalue weighted by Crippen LogP contribution is -2.39. The number of rotatable bonds is 5. The summed E-state index contributed by atoms with van der Waals surface area (Å²) in [6, 6.07) is 12.6. The van der Waals surface area contributed by atoms with E-state index in [4.69, 9.17) is 0 Å². The Labute approximate surface area is 142 Å². The van der Waals surface area contributed by atoms with Crippen LogP contribution in [-0.4, -0.2) is 27.0 Å². The molecule has 2 N–H and O–H groups in total. The average Bonchev–Trinajstić information content (AvgIpc) is 2.63. The van der Waals surface area contributed by atoms with E-state index < -0.39 is 11.2 Å². The van der Waals surface area contributed by atoms with Crippen molar-refractivity contribution in [3.63, 3.8) is 0 Å². The molecule has 2 aromatic heterocycles. The van der Waals surface area contributed by atoms with Crippen LogP contribution in [0.15, 0.2) is 64.3 Å². The summed E-state index contributed by atoms with van der Waals surface area (Å²) in [5.74, 6) is -0.296. The predicted molar refractivity (Wildman–Crippen MR) is 95.1 cm³/mol. The third-order valence-electron chi connectivity index (χ3n) is 3.62. The number of nitrogens with zero attached hydrogens (tertiary/aromatic N) is 2. The summed E-state index contributed by atoms with van der Waals surface area (Å²) >= 11 is 0. The molecule has 7 heteroatoms. The molecular weight excluding hydrogens is 320 g/mol. The Morgan fingerprint density at radius 2 is 1.96 bits per heavy atom. The van der Waals surface area contributed by atoms with Gasteiger partial charge in [0.25, 0.3) is 5.56 Å². The number of aromatic amines is 1. The first-order valence-corrected chi connectivity index (χ1v) is 7.74. The number of amides is 1. The van der Waals surface area contributed by atoms with Crippen LogP contribution in [0.2, 0.25) is 0 Å². The maximum absolute atomic E-state index is 12.3. The Kier molecular flexibility index (Phi) is 4.84. The van der Waals surface area contributed by atoms with Crippen LogP contribution in [-0.2, 0) is 11.3 Å². The molecule has 0 aliphatic carbocycles. The van der Waals surface area contributed by atoms with Gasteiger partial charge in [-0.05, 0) is 23.8 Å². The lowest BCUT2D eigenvalue weighted by Gasteiger charge is -2.06. The monoisotopic (exact) mass is 336 g/mol. The molecule has 0 spiro atoms. The number of aromatic nitrogens is 3. The molecule has 3 aromatic rings. The van der Waals surface area contributed by atoms with Gasteiger partial charge in [-0.2, -0.15) is 0 Å². The van der Waals surface area contributed by atoms with Crippen LogP contribution in [0, 0.1) is 0 Å². The number of nitrogens with one attached hydrogen (secondary N) is 2. The summed E-state index contributed by atoms with van der Waals surface area (Å²) in [6.45, 7) is 0.233. The van der Waals surface area contributed by atoms with Gasteiger partial charge in [0.15, 0.2) is 0 Å². The van der Waals surface area contributed by atoms with Gasteiger partial charge in [-0.3, -0.25) is 19.1 Å². The Morgan fingerprint density at radius 3 is 2.76 bits per heavy atom. The lowest BCUT2D eigenvalue weighted by atomic mass is 10.2. The van der Waals surface area contributed by atoms with Crippen molar-refractivity contribution in [2.75, 3.05) is 6.54 Å². The van der Waals surface area contributed by atoms with Gasteiger partial charge in [-0.15, -0.1) is 0 Å². The van der Waals surface area contributed by atoms with Gasteiger partial charge >= 0.3 is 5.69 Å². The van der Waals surface area contributed by atoms with Crippen LogP contribution >= 0.6 is 0 Å². The van der Waals surface area contributed by atoms with E-state index >= 15 is 0 Å². The van der Waals surface area contributed by atoms with Gasteiger partial charge in [0, 0.05) is 25.4 Å². The van der Waals surface area contributed by atoms with Crippen molar-refractivity contribution < 1.29 is 4.79 Å². The highest BCUT2D eigenvalue weighted by atomic mass is 16.2. The Morgan fingerprint density at radius 1 is 1.16 bits per heavy atom. The fourth-order valence-electron chi connectivity index (χ4n) is 2.37. The molecular formula is C18H16N4O3. The zero-order valence-electron chi connectivity index (χ0n) is 13.3. The number of benzene rings is 1. The SMILES string of the molecule is O=C(/C=C\c1ccccc1)NCCn1c(=O)[nH]c2ncccc2c1=O. The first-order valence-electron chi connectivity index (χ1n) is 7.74. The largest absolute Gasteiger partial charge is 0.351 e. The van der Waals surface area contributed by atoms with Crippen LogP contribution in [0.3, 0.4) is 0 Å². The van der Waals surface area contributed by atoms with E-state index in [-0.39, 0.29) is 24.6 Å². The van der Waals surface area contributed by atoms with E-state index in [1.54, 1.807) is 18.2 Å². The summed E-state index contributed by atoms with van der Waals surface area (Å²) in [7, 11) is 0. The van der Waals surface area contributed by atoms with E-state index in [0.717, 1.165) is 10.1 Å². The normalized spacial score (nSPS) is 11.0. The quantitative estimate of drug-likeness (QED) is 0.677. The van der Waals surface area contributed by atoms with E-state index in [0.29, 0.717) is 5.39 Å². The van der Waals surface area contributed by atoms with Gasteiger partial charge < -0.3 is 5.32 Å². The molecule has 1 amide bonds. The fourth-order valence-corrected chi connectivity index (χ4v) is 2.37. The van der Waals surface area contributed by atoms with Crippen LogP contribution in [0.4, 0.5) is 0 Å². The van der Waals surface area contributed by atoms with Crippen molar-refractivity contribution in [2.45, 2.75) is 6.54 Å². The lowest BCUT2D eigenvalue weighted by molar-refractivity contribution is -0.116. The number of hydrogen-bond donors (Lipinski definition) is 2. The number of carbonyl (C=O) groups is 1. The minimum atomic E-state index is -0.551. The number of H-pyrrole nitrogens is 1. The number of hydrogen-bond acceptors (Lipinski definition) is 4. The minimum absolute atomic E-state index is 0.0733. The van der Waals surface area contributed by atoms with Crippen molar-refractivity contribution in [1.82, 2.24) is 19.9 Å². The summed E-state index contributed by atoms with van der Waals surface area (Å²) in [4.78, 5) is 42.6. The van der Waals surface area contributed by atoms with Crippen molar-refractivity contribution >= 4 is 23.0 Å². The standard InChI is InChI=1S/C18H16N4O3/c23-15(9-8-13-5-2-1-3-6-13)19-11-12-22-17(24)14-7-4-10-20-16(14)21-18(22)25/h1-10H,11-12H2,(H,19,23)(H,20,21,25)/b9-8-. The van der Waals surface area contributed by atoms with Crippen LogP contribution in [0.5, 0.6) is 0 Å². The molecule has 0 atom stereocenters. The average molecular weight is 336 g/mol. The molecule has 0 unspecified atom stereocenters. The van der Waals surface area contributed by atoms with Crippen molar-refractivity contribution in [2.24, 2.45) is 0 Å². The van der Waals surface area contributed by atoms with Crippen LogP contribution in [0.25, 0.3) is 17.1 Å². The van der Waals surface area contributed by atoms with Crippen molar-refractivity contribution in [1.29, 1.82) is 0 Å². The van der Waals surface area contributed by atoms with E-state index in [1.165, 1.54) is 12.3 Å². The second-order valence-corrected chi connectivity index (χ2v) is 5.32. The zero-order chi connectivity index (χ0) is 17.6. The molecule has 0 aliphatic heterocycles. The molecule has 0 fully saturated rings. The Bertz CT molecular complexity index is 1040. The summed E-state index contributed by atoms with van der Waals surface area (Å²) in [5.41, 5.74) is 0.183. The molecule has 0 saturated carbocycles. The van der Waals surface area contributed by atoms with Crippen molar-refractivity contribution in [3.05, 3.63) is 81.1 Å². The summed E-state index contributed by atoms with van der Waals surface area (Å²) in [6.07, 6.45) is 4.60. The number of fused-ring (bicyclic) bond motifs is 1. The van der Waals surface area contributed by atoms with Crippen molar-refractivity contribution in [3.8, 4) is 0 Å². The molecule has 0 radical (unpaired) electrons.